The van der Waals surface area contributed by atoms with Crippen LogP contribution in [-0.2, 0) is 6.54 Å². The number of nitrogens with zero attached hydrogens (tertiary/aromatic N) is 2. The largest absolute Gasteiger partial charge is 0.308 e. The van der Waals surface area contributed by atoms with Crippen molar-refractivity contribution in [2.24, 2.45) is 5.92 Å². The minimum absolute atomic E-state index is 0.0170. The molecular weight excluding hydrogens is 294 g/mol. The Labute approximate surface area is 134 Å². The zero-order valence-corrected chi connectivity index (χ0v) is 13.7. The van der Waals surface area contributed by atoms with Crippen molar-refractivity contribution in [3.8, 4) is 0 Å². The summed E-state index contributed by atoms with van der Waals surface area (Å²) in [5, 5.41) is 1.94. The van der Waals surface area contributed by atoms with Crippen LogP contribution < -0.4 is 5.56 Å². The standard InChI is InChI=1S/C17H23N3OS/c21-17-16-14(8-9-22-16)18-15(19-17)11-20(13-6-7-13)10-12-4-2-1-3-5-12/h8-9,12-13H,1-7,10-11H2,(H,18,19,21). The smallest absolute Gasteiger partial charge is 0.268 e. The molecule has 2 aliphatic carbocycles. The maximum atomic E-state index is 12.1. The van der Waals surface area contributed by atoms with Crippen molar-refractivity contribution in [3.63, 3.8) is 0 Å². The number of rotatable bonds is 5. The van der Waals surface area contributed by atoms with Gasteiger partial charge in [0.05, 0.1) is 12.1 Å². The number of aromatic nitrogens is 2. The molecule has 2 aromatic rings. The van der Waals surface area contributed by atoms with Gasteiger partial charge in [0.1, 0.15) is 10.5 Å². The number of H-pyrrole nitrogens is 1. The van der Waals surface area contributed by atoms with E-state index in [9.17, 15) is 4.79 Å². The quantitative estimate of drug-likeness (QED) is 0.918. The molecule has 0 bridgehead atoms. The molecule has 0 unspecified atom stereocenters. The Bertz CT molecular complexity index is 697. The van der Waals surface area contributed by atoms with Crippen LogP contribution in [-0.4, -0.2) is 27.5 Å². The average molecular weight is 317 g/mol. The van der Waals surface area contributed by atoms with Crippen molar-refractivity contribution in [1.82, 2.24) is 14.9 Å². The summed E-state index contributed by atoms with van der Waals surface area (Å²) in [4.78, 5) is 22.3. The first kappa shape index (κ1) is 14.4. The van der Waals surface area contributed by atoms with Gasteiger partial charge < -0.3 is 4.98 Å². The van der Waals surface area contributed by atoms with Crippen LogP contribution in [0.4, 0.5) is 0 Å². The predicted molar refractivity (Wildman–Crippen MR) is 90.2 cm³/mol. The Morgan fingerprint density at radius 2 is 2.05 bits per heavy atom. The molecule has 2 aromatic heterocycles. The van der Waals surface area contributed by atoms with Crippen LogP contribution >= 0.6 is 11.3 Å². The maximum Gasteiger partial charge on any atom is 0.268 e. The van der Waals surface area contributed by atoms with Gasteiger partial charge in [-0.05, 0) is 43.0 Å². The van der Waals surface area contributed by atoms with Crippen molar-refractivity contribution in [1.29, 1.82) is 0 Å². The van der Waals surface area contributed by atoms with Gasteiger partial charge in [0.15, 0.2) is 0 Å². The summed E-state index contributed by atoms with van der Waals surface area (Å²) in [7, 11) is 0. The lowest BCUT2D eigenvalue weighted by Crippen LogP contribution is -2.33. The summed E-state index contributed by atoms with van der Waals surface area (Å²) in [5.74, 6) is 1.67. The van der Waals surface area contributed by atoms with Crippen molar-refractivity contribution in [2.45, 2.75) is 57.5 Å². The van der Waals surface area contributed by atoms with E-state index in [1.165, 1.54) is 62.8 Å². The maximum absolute atomic E-state index is 12.1. The third-order valence-corrected chi connectivity index (χ3v) is 5.90. The zero-order valence-electron chi connectivity index (χ0n) is 12.9. The second-order valence-electron chi connectivity index (χ2n) is 6.81. The molecule has 4 rings (SSSR count). The lowest BCUT2D eigenvalue weighted by Gasteiger charge is -2.29. The van der Waals surface area contributed by atoms with Crippen molar-refractivity contribution >= 4 is 21.6 Å². The van der Waals surface area contributed by atoms with Gasteiger partial charge in [0.25, 0.3) is 5.56 Å². The Balaban J connectivity index is 1.51. The molecule has 0 saturated heterocycles. The molecule has 2 fully saturated rings. The second kappa shape index (κ2) is 6.13. The van der Waals surface area contributed by atoms with Gasteiger partial charge in [-0.1, -0.05) is 19.3 Å². The Morgan fingerprint density at radius 1 is 1.23 bits per heavy atom. The summed E-state index contributed by atoms with van der Waals surface area (Å²) in [6.45, 7) is 1.97. The molecule has 2 saturated carbocycles. The van der Waals surface area contributed by atoms with E-state index in [4.69, 9.17) is 0 Å². The van der Waals surface area contributed by atoms with Crippen LogP contribution in [0.15, 0.2) is 16.2 Å². The second-order valence-corrected chi connectivity index (χ2v) is 7.73. The minimum Gasteiger partial charge on any atom is -0.308 e. The Hall–Kier alpha value is -1.20. The van der Waals surface area contributed by atoms with Gasteiger partial charge >= 0.3 is 0 Å². The number of aromatic amines is 1. The Morgan fingerprint density at radius 3 is 2.82 bits per heavy atom. The van der Waals surface area contributed by atoms with Gasteiger partial charge in [0, 0.05) is 12.6 Å². The highest BCUT2D eigenvalue weighted by Crippen LogP contribution is 2.32. The molecular formula is C17H23N3OS. The summed E-state index contributed by atoms with van der Waals surface area (Å²) in [6.07, 6.45) is 9.53. The molecule has 0 aromatic carbocycles. The molecule has 0 aliphatic heterocycles. The van der Waals surface area contributed by atoms with Crippen LogP contribution in [0.5, 0.6) is 0 Å². The van der Waals surface area contributed by atoms with Crippen LogP contribution in [0, 0.1) is 5.92 Å². The van der Waals surface area contributed by atoms with Crippen LogP contribution in [0.1, 0.15) is 50.8 Å². The van der Waals surface area contributed by atoms with Gasteiger partial charge in [0.2, 0.25) is 0 Å². The monoisotopic (exact) mass is 317 g/mol. The van der Waals surface area contributed by atoms with Crippen LogP contribution in [0.3, 0.4) is 0 Å². The van der Waals surface area contributed by atoms with Gasteiger partial charge in [-0.3, -0.25) is 9.69 Å². The fourth-order valence-electron chi connectivity index (χ4n) is 3.67. The summed E-state index contributed by atoms with van der Waals surface area (Å²) >= 11 is 1.47. The van der Waals surface area contributed by atoms with Crippen molar-refractivity contribution < 1.29 is 0 Å². The highest BCUT2D eigenvalue weighted by molar-refractivity contribution is 7.17. The molecule has 2 aliphatic rings. The third kappa shape index (κ3) is 3.10. The van der Waals surface area contributed by atoms with E-state index in [2.05, 4.69) is 14.9 Å². The molecule has 0 amide bonds. The highest BCUT2D eigenvalue weighted by Gasteiger charge is 2.31. The van der Waals surface area contributed by atoms with E-state index >= 15 is 0 Å². The van der Waals surface area contributed by atoms with E-state index < -0.39 is 0 Å². The fraction of sp³-hybridized carbons (Fsp3) is 0.647. The fourth-order valence-corrected chi connectivity index (χ4v) is 4.40. The normalized spacial score (nSPS) is 20.0. The van der Waals surface area contributed by atoms with Gasteiger partial charge in [-0.2, -0.15) is 0 Å². The molecule has 0 atom stereocenters. The van der Waals surface area contributed by atoms with E-state index in [0.717, 1.165) is 28.5 Å². The molecule has 2 heterocycles. The lowest BCUT2D eigenvalue weighted by molar-refractivity contribution is 0.182. The molecule has 22 heavy (non-hydrogen) atoms. The summed E-state index contributed by atoms with van der Waals surface area (Å²) in [6, 6.07) is 2.66. The van der Waals surface area contributed by atoms with Crippen molar-refractivity contribution in [2.75, 3.05) is 6.54 Å². The van der Waals surface area contributed by atoms with Crippen LogP contribution in [0.2, 0.25) is 0 Å². The summed E-state index contributed by atoms with van der Waals surface area (Å²) < 4.78 is 0.744. The van der Waals surface area contributed by atoms with E-state index in [1.807, 2.05) is 11.4 Å². The summed E-state index contributed by atoms with van der Waals surface area (Å²) in [5.41, 5.74) is 0.862. The van der Waals surface area contributed by atoms with E-state index in [0.29, 0.717) is 6.04 Å². The van der Waals surface area contributed by atoms with E-state index in [-0.39, 0.29) is 5.56 Å². The predicted octanol–water partition coefficient (Wildman–Crippen LogP) is 3.53. The van der Waals surface area contributed by atoms with E-state index in [1.54, 1.807) is 0 Å². The molecule has 1 N–H and O–H groups in total. The van der Waals surface area contributed by atoms with Gasteiger partial charge in [-0.15, -0.1) is 11.3 Å². The number of fused-ring (bicyclic) bond motifs is 1. The minimum atomic E-state index is 0.0170. The number of nitrogens with one attached hydrogen (secondary N) is 1. The first-order valence-electron chi connectivity index (χ1n) is 8.50. The first-order valence-corrected chi connectivity index (χ1v) is 9.38. The molecule has 0 spiro atoms. The molecule has 0 radical (unpaired) electrons. The third-order valence-electron chi connectivity index (χ3n) is 5.00. The van der Waals surface area contributed by atoms with Crippen molar-refractivity contribution in [3.05, 3.63) is 27.6 Å². The number of thiophene rings is 1. The van der Waals surface area contributed by atoms with Gasteiger partial charge in [-0.25, -0.2) is 4.98 Å². The molecule has 118 valence electrons. The number of hydrogen-bond acceptors (Lipinski definition) is 4. The Kier molecular flexibility index (Phi) is 4.01. The average Bonchev–Trinajstić information content (AvgIpc) is 3.26. The molecule has 4 nitrogen and oxygen atoms in total. The zero-order chi connectivity index (χ0) is 14.9. The topological polar surface area (TPSA) is 49.0 Å². The number of hydrogen-bond donors (Lipinski definition) is 1. The first-order chi connectivity index (χ1) is 10.8. The van der Waals surface area contributed by atoms with Crippen LogP contribution in [0.25, 0.3) is 10.2 Å². The molecule has 5 heteroatoms. The SMILES string of the molecule is O=c1[nH]c(CN(CC2CCCCC2)C2CC2)nc2ccsc12. The highest BCUT2D eigenvalue weighted by atomic mass is 32.1. The lowest BCUT2D eigenvalue weighted by atomic mass is 9.89.